The lowest BCUT2D eigenvalue weighted by Crippen LogP contribution is -2.27. The summed E-state index contributed by atoms with van der Waals surface area (Å²) < 4.78 is 11.8. The van der Waals surface area contributed by atoms with Crippen LogP contribution < -0.4 is 15.8 Å². The second-order valence-electron chi connectivity index (χ2n) is 5.86. The monoisotopic (exact) mass is 340 g/mol. The zero-order valence-corrected chi connectivity index (χ0v) is 14.2. The van der Waals surface area contributed by atoms with Crippen LogP contribution in [0.25, 0.3) is 11.1 Å². The highest BCUT2D eigenvalue weighted by Crippen LogP contribution is 2.15. The van der Waals surface area contributed by atoms with E-state index in [0.717, 1.165) is 22.4 Å². The summed E-state index contributed by atoms with van der Waals surface area (Å²) in [6.45, 7) is 0.519. The molecule has 6 nitrogen and oxygen atoms in total. The van der Waals surface area contributed by atoms with Gasteiger partial charge in [-0.1, -0.05) is 18.2 Å². The Hall–Kier alpha value is -3.02. The van der Waals surface area contributed by atoms with Crippen LogP contribution in [0.3, 0.4) is 0 Å². The van der Waals surface area contributed by atoms with Crippen LogP contribution in [0.15, 0.2) is 51.7 Å². The first-order valence-corrected chi connectivity index (χ1v) is 8.05. The smallest absolute Gasteiger partial charge is 0.419 e. The van der Waals surface area contributed by atoms with Crippen molar-refractivity contribution in [2.75, 3.05) is 13.7 Å². The number of rotatable bonds is 6. The number of amides is 1. The van der Waals surface area contributed by atoms with Gasteiger partial charge in [-0.05, 0) is 41.8 Å². The van der Waals surface area contributed by atoms with Gasteiger partial charge in [-0.3, -0.25) is 9.36 Å². The molecular weight excluding hydrogens is 320 g/mol. The van der Waals surface area contributed by atoms with Crippen LogP contribution in [-0.4, -0.2) is 24.1 Å². The van der Waals surface area contributed by atoms with Crippen LogP contribution in [0.5, 0.6) is 5.75 Å². The van der Waals surface area contributed by atoms with Crippen molar-refractivity contribution in [1.82, 2.24) is 9.88 Å². The van der Waals surface area contributed by atoms with Gasteiger partial charge in [0.05, 0.1) is 19.0 Å². The van der Waals surface area contributed by atoms with Crippen molar-refractivity contribution in [3.63, 3.8) is 0 Å². The second-order valence-corrected chi connectivity index (χ2v) is 5.86. The molecule has 0 spiro atoms. The Bertz CT molecular complexity index is 955. The van der Waals surface area contributed by atoms with Crippen molar-refractivity contribution in [2.45, 2.75) is 12.8 Å². The van der Waals surface area contributed by atoms with Crippen molar-refractivity contribution in [3.8, 4) is 5.75 Å². The molecule has 0 aliphatic heterocycles. The summed E-state index contributed by atoms with van der Waals surface area (Å²) in [4.78, 5) is 23.6. The van der Waals surface area contributed by atoms with E-state index in [-0.39, 0.29) is 11.7 Å². The Kier molecular flexibility index (Phi) is 4.88. The van der Waals surface area contributed by atoms with Crippen LogP contribution in [0.1, 0.15) is 11.1 Å². The highest BCUT2D eigenvalue weighted by atomic mass is 16.5. The Morgan fingerprint density at radius 2 is 2.04 bits per heavy atom. The Labute approximate surface area is 145 Å². The van der Waals surface area contributed by atoms with Gasteiger partial charge in [0.25, 0.3) is 0 Å². The van der Waals surface area contributed by atoms with Crippen LogP contribution in [-0.2, 0) is 24.7 Å². The summed E-state index contributed by atoms with van der Waals surface area (Å²) in [6.07, 6.45) is 0.974. The molecule has 130 valence electrons. The Morgan fingerprint density at radius 1 is 1.20 bits per heavy atom. The van der Waals surface area contributed by atoms with Gasteiger partial charge in [0, 0.05) is 13.6 Å². The molecule has 0 atom stereocenters. The van der Waals surface area contributed by atoms with Gasteiger partial charge in [0.15, 0.2) is 5.58 Å². The summed E-state index contributed by atoms with van der Waals surface area (Å²) in [5, 5.41) is 2.90. The summed E-state index contributed by atoms with van der Waals surface area (Å²) in [5.74, 6) is 0.322. The van der Waals surface area contributed by atoms with Crippen LogP contribution in [0, 0.1) is 0 Å². The third-order valence-corrected chi connectivity index (χ3v) is 4.09. The van der Waals surface area contributed by atoms with E-state index in [1.54, 1.807) is 14.2 Å². The second kappa shape index (κ2) is 7.25. The zero-order chi connectivity index (χ0) is 17.8. The Morgan fingerprint density at radius 3 is 2.84 bits per heavy atom. The number of hydrogen-bond acceptors (Lipinski definition) is 4. The number of benzene rings is 2. The van der Waals surface area contributed by atoms with Gasteiger partial charge in [-0.25, -0.2) is 4.79 Å². The molecule has 0 fully saturated rings. The van der Waals surface area contributed by atoms with Crippen molar-refractivity contribution in [3.05, 3.63) is 64.1 Å². The quantitative estimate of drug-likeness (QED) is 0.745. The third-order valence-electron chi connectivity index (χ3n) is 4.09. The molecule has 3 rings (SSSR count). The molecule has 0 radical (unpaired) electrons. The third kappa shape index (κ3) is 3.91. The normalized spacial score (nSPS) is 10.8. The molecule has 0 saturated heterocycles. The average Bonchev–Trinajstić information content (AvgIpc) is 2.89. The number of aryl methyl sites for hydroxylation is 1. The first-order valence-electron chi connectivity index (χ1n) is 8.05. The van der Waals surface area contributed by atoms with Gasteiger partial charge in [0.2, 0.25) is 5.91 Å². The number of fused-ring (bicyclic) bond motifs is 1. The van der Waals surface area contributed by atoms with E-state index >= 15 is 0 Å². The minimum absolute atomic E-state index is 0.0411. The summed E-state index contributed by atoms with van der Waals surface area (Å²) in [7, 11) is 3.28. The van der Waals surface area contributed by atoms with Crippen LogP contribution in [0.4, 0.5) is 0 Å². The standard InChI is InChI=1S/C19H20N2O4/c1-21-16-7-6-13(11-17(16)25-19(21)23)8-9-20-18(22)12-14-4-3-5-15(10-14)24-2/h3-7,10-11H,8-9,12H2,1-2H3,(H,20,22). The molecule has 1 aromatic heterocycles. The lowest BCUT2D eigenvalue weighted by atomic mass is 10.1. The number of methoxy groups -OCH3 is 1. The predicted octanol–water partition coefficient (Wildman–Crippen LogP) is 2.04. The largest absolute Gasteiger partial charge is 0.497 e. The maximum absolute atomic E-state index is 12.0. The molecule has 3 aromatic rings. The number of nitrogens with one attached hydrogen (secondary N) is 1. The number of carbonyl (C=O) groups is 1. The lowest BCUT2D eigenvalue weighted by molar-refractivity contribution is -0.120. The molecule has 1 N–H and O–H groups in total. The summed E-state index contributed by atoms with van der Waals surface area (Å²) in [5.41, 5.74) is 3.23. The van der Waals surface area contributed by atoms with Gasteiger partial charge in [-0.2, -0.15) is 0 Å². The topological polar surface area (TPSA) is 73.5 Å². The molecular formula is C19H20N2O4. The average molecular weight is 340 g/mol. The minimum Gasteiger partial charge on any atom is -0.497 e. The van der Waals surface area contributed by atoms with Gasteiger partial charge >= 0.3 is 5.76 Å². The number of nitrogens with zero attached hydrogens (tertiary/aromatic N) is 1. The van der Waals surface area contributed by atoms with Gasteiger partial charge < -0.3 is 14.5 Å². The summed E-state index contributed by atoms with van der Waals surface area (Å²) >= 11 is 0. The minimum atomic E-state index is -0.376. The molecule has 6 heteroatoms. The fraction of sp³-hybridized carbons (Fsp3) is 0.263. The highest BCUT2D eigenvalue weighted by Gasteiger charge is 2.07. The van der Waals surface area contributed by atoms with Crippen LogP contribution >= 0.6 is 0 Å². The van der Waals surface area contributed by atoms with E-state index in [4.69, 9.17) is 9.15 Å². The number of ether oxygens (including phenoxy) is 1. The van der Waals surface area contributed by atoms with Crippen molar-refractivity contribution < 1.29 is 13.9 Å². The maximum atomic E-state index is 12.0. The molecule has 1 amide bonds. The van der Waals surface area contributed by atoms with E-state index in [2.05, 4.69) is 5.32 Å². The molecule has 2 aromatic carbocycles. The molecule has 0 aliphatic rings. The molecule has 0 bridgehead atoms. The molecule has 0 saturated carbocycles. The fourth-order valence-electron chi connectivity index (χ4n) is 2.71. The molecule has 25 heavy (non-hydrogen) atoms. The SMILES string of the molecule is COc1cccc(CC(=O)NCCc2ccc3c(c2)oc(=O)n3C)c1. The van der Waals surface area contributed by atoms with E-state index in [9.17, 15) is 9.59 Å². The first kappa shape index (κ1) is 16.8. The van der Waals surface area contributed by atoms with Gasteiger partial charge in [0.1, 0.15) is 5.75 Å². The molecule has 0 unspecified atom stereocenters. The van der Waals surface area contributed by atoms with E-state index in [1.165, 1.54) is 4.57 Å². The molecule has 0 aliphatic carbocycles. The van der Waals surface area contributed by atoms with Gasteiger partial charge in [-0.15, -0.1) is 0 Å². The van der Waals surface area contributed by atoms with Crippen molar-refractivity contribution in [1.29, 1.82) is 0 Å². The first-order chi connectivity index (χ1) is 12.1. The van der Waals surface area contributed by atoms with E-state index in [1.807, 2.05) is 42.5 Å². The predicted molar refractivity (Wildman–Crippen MR) is 94.9 cm³/mol. The maximum Gasteiger partial charge on any atom is 0.419 e. The zero-order valence-electron chi connectivity index (χ0n) is 14.2. The lowest BCUT2D eigenvalue weighted by Gasteiger charge is -2.07. The van der Waals surface area contributed by atoms with E-state index < -0.39 is 0 Å². The van der Waals surface area contributed by atoms with Crippen molar-refractivity contribution >= 4 is 17.0 Å². The molecule has 1 heterocycles. The Balaban J connectivity index is 1.55. The summed E-state index contributed by atoms with van der Waals surface area (Å²) in [6, 6.07) is 13.1. The number of oxazole rings is 1. The van der Waals surface area contributed by atoms with Crippen LogP contribution in [0.2, 0.25) is 0 Å². The van der Waals surface area contributed by atoms with E-state index in [0.29, 0.717) is 25.0 Å². The number of hydrogen-bond donors (Lipinski definition) is 1. The fourth-order valence-corrected chi connectivity index (χ4v) is 2.71. The number of aromatic nitrogens is 1. The van der Waals surface area contributed by atoms with Crippen molar-refractivity contribution in [2.24, 2.45) is 7.05 Å². The highest BCUT2D eigenvalue weighted by molar-refractivity contribution is 5.78. The number of carbonyl (C=O) groups excluding carboxylic acids is 1.